The number of carbonyl (C=O) groups excluding carboxylic acids is 1. The normalized spacial score (nSPS) is 12.3. The lowest BCUT2D eigenvalue weighted by atomic mass is 10.0. The van der Waals surface area contributed by atoms with E-state index in [4.69, 9.17) is 27.9 Å². The first-order chi connectivity index (χ1) is 9.02. The first kappa shape index (κ1) is 16.1. The molecule has 5 heteroatoms. The molecule has 0 aliphatic heterocycles. The van der Waals surface area contributed by atoms with Crippen LogP contribution in [0.3, 0.4) is 0 Å². The molecule has 1 aromatic carbocycles. The second-order valence-electron chi connectivity index (χ2n) is 4.64. The minimum Gasteiger partial charge on any atom is -0.484 e. The molecule has 1 N–H and O–H groups in total. The summed E-state index contributed by atoms with van der Waals surface area (Å²) in [6.45, 7) is 4.10. The zero-order valence-electron chi connectivity index (χ0n) is 11.2. The van der Waals surface area contributed by atoms with Crippen LogP contribution < -0.4 is 10.1 Å². The maximum absolute atomic E-state index is 11.8. The Hall–Kier alpha value is -0.930. The Bertz CT molecular complexity index is 393. The molecule has 1 unspecified atom stereocenters. The van der Waals surface area contributed by atoms with E-state index in [2.05, 4.69) is 19.2 Å². The molecule has 0 aromatic heterocycles. The molecule has 1 aromatic rings. The van der Waals surface area contributed by atoms with E-state index >= 15 is 0 Å². The first-order valence-electron chi connectivity index (χ1n) is 6.26. The van der Waals surface area contributed by atoms with Gasteiger partial charge in [0.25, 0.3) is 5.91 Å². The van der Waals surface area contributed by atoms with Crippen molar-refractivity contribution in [3.05, 3.63) is 29.3 Å². The topological polar surface area (TPSA) is 38.3 Å². The number of hydrogen-bond donors (Lipinski definition) is 1. The van der Waals surface area contributed by atoms with E-state index in [1.54, 1.807) is 24.3 Å². The molecule has 0 radical (unpaired) electrons. The van der Waals surface area contributed by atoms with E-state index in [1.165, 1.54) is 0 Å². The molecule has 0 aliphatic carbocycles. The van der Waals surface area contributed by atoms with Gasteiger partial charge in [-0.1, -0.05) is 25.4 Å². The van der Waals surface area contributed by atoms with Crippen molar-refractivity contribution in [1.82, 2.24) is 5.32 Å². The predicted molar refractivity (Wildman–Crippen MR) is 79.1 cm³/mol. The SMILES string of the molecule is CC(C)C(CCCl)NC(=O)COc1ccc(Cl)cc1. The zero-order valence-corrected chi connectivity index (χ0v) is 12.7. The molecule has 0 aliphatic rings. The van der Waals surface area contributed by atoms with Crippen LogP contribution in [0.2, 0.25) is 5.02 Å². The first-order valence-corrected chi connectivity index (χ1v) is 7.18. The lowest BCUT2D eigenvalue weighted by Gasteiger charge is -2.21. The summed E-state index contributed by atoms with van der Waals surface area (Å²) in [7, 11) is 0. The van der Waals surface area contributed by atoms with Crippen molar-refractivity contribution >= 4 is 29.1 Å². The van der Waals surface area contributed by atoms with Gasteiger partial charge in [-0.3, -0.25) is 4.79 Å². The number of halogens is 2. The van der Waals surface area contributed by atoms with E-state index in [0.29, 0.717) is 22.6 Å². The van der Waals surface area contributed by atoms with Crippen molar-refractivity contribution in [1.29, 1.82) is 0 Å². The number of nitrogens with one attached hydrogen (secondary N) is 1. The third-order valence-corrected chi connectivity index (χ3v) is 3.22. The quantitative estimate of drug-likeness (QED) is 0.783. The van der Waals surface area contributed by atoms with Gasteiger partial charge in [0.1, 0.15) is 5.75 Å². The van der Waals surface area contributed by atoms with Crippen LogP contribution >= 0.6 is 23.2 Å². The van der Waals surface area contributed by atoms with Crippen LogP contribution in [-0.2, 0) is 4.79 Å². The lowest BCUT2D eigenvalue weighted by Crippen LogP contribution is -2.41. The van der Waals surface area contributed by atoms with Gasteiger partial charge in [0.2, 0.25) is 0 Å². The van der Waals surface area contributed by atoms with Crippen molar-refractivity contribution in [2.75, 3.05) is 12.5 Å². The molecule has 3 nitrogen and oxygen atoms in total. The number of alkyl halides is 1. The molecule has 106 valence electrons. The third-order valence-electron chi connectivity index (χ3n) is 2.75. The number of amides is 1. The average molecular weight is 304 g/mol. The van der Waals surface area contributed by atoms with Crippen LogP contribution in [0.25, 0.3) is 0 Å². The van der Waals surface area contributed by atoms with E-state index in [9.17, 15) is 4.79 Å². The summed E-state index contributed by atoms with van der Waals surface area (Å²) in [4.78, 5) is 11.8. The Balaban J connectivity index is 2.40. The van der Waals surface area contributed by atoms with E-state index < -0.39 is 0 Å². The molecule has 1 atom stereocenters. The number of hydrogen-bond acceptors (Lipinski definition) is 2. The third kappa shape index (κ3) is 6.17. The molecule has 0 bridgehead atoms. The van der Waals surface area contributed by atoms with Gasteiger partial charge in [-0.2, -0.15) is 0 Å². The largest absolute Gasteiger partial charge is 0.484 e. The smallest absolute Gasteiger partial charge is 0.258 e. The summed E-state index contributed by atoms with van der Waals surface area (Å²) in [5.41, 5.74) is 0. The number of rotatable bonds is 7. The molecule has 0 saturated heterocycles. The molecule has 0 fully saturated rings. The molecule has 1 amide bonds. The van der Waals surface area contributed by atoms with Crippen molar-refractivity contribution in [3.63, 3.8) is 0 Å². The second-order valence-corrected chi connectivity index (χ2v) is 5.45. The Kier molecular flexibility index (Phi) is 7.03. The highest BCUT2D eigenvalue weighted by molar-refractivity contribution is 6.30. The van der Waals surface area contributed by atoms with Crippen LogP contribution in [0.5, 0.6) is 5.75 Å². The van der Waals surface area contributed by atoms with Gasteiger partial charge in [0, 0.05) is 16.9 Å². The van der Waals surface area contributed by atoms with Gasteiger partial charge < -0.3 is 10.1 Å². The van der Waals surface area contributed by atoms with Crippen LogP contribution in [0, 0.1) is 5.92 Å². The highest BCUT2D eigenvalue weighted by atomic mass is 35.5. The fraction of sp³-hybridized carbons (Fsp3) is 0.500. The van der Waals surface area contributed by atoms with Gasteiger partial charge >= 0.3 is 0 Å². The number of ether oxygens (including phenoxy) is 1. The van der Waals surface area contributed by atoms with Crippen LogP contribution in [0.4, 0.5) is 0 Å². The van der Waals surface area contributed by atoms with Crippen LogP contribution in [-0.4, -0.2) is 24.4 Å². The standard InChI is InChI=1S/C14H19Cl2NO2/c1-10(2)13(7-8-15)17-14(18)9-19-12-5-3-11(16)4-6-12/h3-6,10,13H,7-9H2,1-2H3,(H,17,18). The Morgan fingerprint density at radius 1 is 1.32 bits per heavy atom. The highest BCUT2D eigenvalue weighted by Gasteiger charge is 2.15. The minimum absolute atomic E-state index is 0.00681. The maximum Gasteiger partial charge on any atom is 0.258 e. The summed E-state index contributed by atoms with van der Waals surface area (Å²) in [6, 6.07) is 6.99. The fourth-order valence-electron chi connectivity index (χ4n) is 1.62. The summed E-state index contributed by atoms with van der Waals surface area (Å²) in [5.74, 6) is 1.36. The van der Waals surface area contributed by atoms with Gasteiger partial charge in [-0.15, -0.1) is 11.6 Å². The van der Waals surface area contributed by atoms with E-state index in [0.717, 1.165) is 6.42 Å². The summed E-state index contributed by atoms with van der Waals surface area (Å²) >= 11 is 11.5. The van der Waals surface area contributed by atoms with Crippen molar-refractivity contribution in [2.24, 2.45) is 5.92 Å². The Labute approximate surface area is 124 Å². The molecule has 1 rings (SSSR count). The lowest BCUT2D eigenvalue weighted by molar-refractivity contribution is -0.124. The minimum atomic E-state index is -0.140. The van der Waals surface area contributed by atoms with Crippen molar-refractivity contribution in [3.8, 4) is 5.75 Å². The number of carbonyl (C=O) groups is 1. The van der Waals surface area contributed by atoms with Crippen LogP contribution in [0.1, 0.15) is 20.3 Å². The molecular weight excluding hydrogens is 285 g/mol. The van der Waals surface area contributed by atoms with Gasteiger partial charge in [0.05, 0.1) is 0 Å². The fourth-order valence-corrected chi connectivity index (χ4v) is 1.98. The van der Waals surface area contributed by atoms with Gasteiger partial charge in [0.15, 0.2) is 6.61 Å². The molecule has 0 saturated carbocycles. The van der Waals surface area contributed by atoms with Gasteiger partial charge in [-0.05, 0) is 36.6 Å². The average Bonchev–Trinajstić information content (AvgIpc) is 2.37. The summed E-state index contributed by atoms with van der Waals surface area (Å²) in [6.07, 6.45) is 0.756. The Morgan fingerprint density at radius 2 is 1.95 bits per heavy atom. The molecule has 0 spiro atoms. The van der Waals surface area contributed by atoms with Crippen molar-refractivity contribution < 1.29 is 9.53 Å². The Morgan fingerprint density at radius 3 is 2.47 bits per heavy atom. The summed E-state index contributed by atoms with van der Waals surface area (Å²) < 4.78 is 5.38. The number of benzene rings is 1. The second kappa shape index (κ2) is 8.28. The highest BCUT2D eigenvalue weighted by Crippen LogP contribution is 2.15. The molecular formula is C14H19Cl2NO2. The maximum atomic E-state index is 11.8. The predicted octanol–water partition coefficient (Wildman–Crippen LogP) is 3.49. The van der Waals surface area contributed by atoms with Crippen molar-refractivity contribution in [2.45, 2.75) is 26.3 Å². The van der Waals surface area contributed by atoms with E-state index in [-0.39, 0.29) is 18.6 Å². The van der Waals surface area contributed by atoms with Gasteiger partial charge in [-0.25, -0.2) is 0 Å². The summed E-state index contributed by atoms with van der Waals surface area (Å²) in [5, 5.41) is 3.56. The van der Waals surface area contributed by atoms with E-state index in [1.807, 2.05) is 0 Å². The molecule has 0 heterocycles. The van der Waals surface area contributed by atoms with Crippen LogP contribution in [0.15, 0.2) is 24.3 Å². The monoisotopic (exact) mass is 303 g/mol. The zero-order chi connectivity index (χ0) is 14.3. The molecule has 19 heavy (non-hydrogen) atoms.